The molecule has 0 atom stereocenters. The van der Waals surface area contributed by atoms with Crippen LogP contribution in [0.5, 0.6) is 0 Å². The molecular formula is C57H35N3O. The van der Waals surface area contributed by atoms with Crippen molar-refractivity contribution in [3.63, 3.8) is 0 Å². The van der Waals surface area contributed by atoms with Crippen molar-refractivity contribution in [2.24, 2.45) is 0 Å². The highest BCUT2D eigenvalue weighted by atomic mass is 16.3. The molecule has 0 unspecified atom stereocenters. The second kappa shape index (κ2) is 13.2. The fourth-order valence-electron chi connectivity index (χ4n) is 9.82. The van der Waals surface area contributed by atoms with Gasteiger partial charge in [-0.25, -0.2) is 0 Å². The Morgan fingerprint density at radius 2 is 1.07 bits per heavy atom. The zero-order valence-electron chi connectivity index (χ0n) is 33.0. The van der Waals surface area contributed by atoms with E-state index in [1.807, 2.05) is 18.3 Å². The molecule has 0 aliphatic heterocycles. The third-order valence-corrected chi connectivity index (χ3v) is 12.5. The highest BCUT2D eigenvalue weighted by Gasteiger charge is 2.23. The maximum atomic E-state index is 7.17. The van der Waals surface area contributed by atoms with Crippen molar-refractivity contribution in [2.75, 3.05) is 4.90 Å². The zero-order chi connectivity index (χ0) is 40.0. The van der Waals surface area contributed by atoms with E-state index in [2.05, 4.69) is 204 Å². The predicted octanol–water partition coefficient (Wildman–Crippen LogP) is 15.8. The van der Waals surface area contributed by atoms with Crippen LogP contribution in [0.4, 0.5) is 17.1 Å². The van der Waals surface area contributed by atoms with E-state index in [9.17, 15) is 0 Å². The van der Waals surface area contributed by atoms with E-state index in [0.29, 0.717) is 0 Å². The predicted molar refractivity (Wildman–Crippen MR) is 256 cm³/mol. The van der Waals surface area contributed by atoms with Gasteiger partial charge in [0.15, 0.2) is 0 Å². The maximum Gasteiger partial charge on any atom is 0.145 e. The van der Waals surface area contributed by atoms with Gasteiger partial charge in [0, 0.05) is 50.7 Å². The molecule has 13 aromatic rings. The van der Waals surface area contributed by atoms with Gasteiger partial charge in [0.1, 0.15) is 11.2 Å². The first-order chi connectivity index (χ1) is 30.2. The van der Waals surface area contributed by atoms with Crippen molar-refractivity contribution in [1.82, 2.24) is 9.55 Å². The molecular weight excluding hydrogens is 743 g/mol. The summed E-state index contributed by atoms with van der Waals surface area (Å²) in [7, 11) is 0. The molecule has 4 nitrogen and oxygen atoms in total. The van der Waals surface area contributed by atoms with E-state index >= 15 is 0 Å². The number of anilines is 3. The van der Waals surface area contributed by atoms with Crippen molar-refractivity contribution in [3.8, 4) is 16.9 Å². The zero-order valence-corrected chi connectivity index (χ0v) is 33.0. The molecule has 3 heterocycles. The average Bonchev–Trinajstić information content (AvgIpc) is 3.87. The van der Waals surface area contributed by atoms with Gasteiger partial charge in [-0.15, -0.1) is 0 Å². The SMILES string of the molecule is c1ccc(N(c2ccc3ccccc3c2)c2ccc3c(c2)c2c4oc5cc6c7ccccc7c7ccccc7c6cc5c4ccc2n3-c2cccc(-c3ccccn3)c2)cc1. The average molecular weight is 778 g/mol. The Kier molecular flexibility index (Phi) is 7.27. The summed E-state index contributed by atoms with van der Waals surface area (Å²) in [6.45, 7) is 0. The van der Waals surface area contributed by atoms with Gasteiger partial charge in [-0.1, -0.05) is 115 Å². The molecule has 0 spiro atoms. The number of fused-ring (bicyclic) bond motifs is 14. The molecule has 0 amide bonds. The van der Waals surface area contributed by atoms with E-state index in [-0.39, 0.29) is 0 Å². The number of para-hydroxylation sites is 1. The van der Waals surface area contributed by atoms with Gasteiger partial charge in [-0.3, -0.25) is 4.98 Å². The van der Waals surface area contributed by atoms with Crippen molar-refractivity contribution < 1.29 is 4.42 Å². The number of pyridine rings is 1. The van der Waals surface area contributed by atoms with Gasteiger partial charge in [-0.05, 0) is 134 Å². The van der Waals surface area contributed by atoms with Gasteiger partial charge in [-0.2, -0.15) is 0 Å². The second-order valence-electron chi connectivity index (χ2n) is 15.9. The lowest BCUT2D eigenvalue weighted by atomic mass is 9.93. The lowest BCUT2D eigenvalue weighted by Gasteiger charge is -2.26. The van der Waals surface area contributed by atoms with Crippen LogP contribution in [0.25, 0.3) is 104 Å². The van der Waals surface area contributed by atoms with Crippen LogP contribution in [0.3, 0.4) is 0 Å². The minimum absolute atomic E-state index is 0.881. The lowest BCUT2D eigenvalue weighted by molar-refractivity contribution is 0.673. The smallest absolute Gasteiger partial charge is 0.145 e. The van der Waals surface area contributed by atoms with Crippen LogP contribution in [-0.4, -0.2) is 9.55 Å². The van der Waals surface area contributed by atoms with Crippen LogP contribution in [0.1, 0.15) is 0 Å². The quantitative estimate of drug-likeness (QED) is 0.163. The minimum Gasteiger partial charge on any atom is -0.455 e. The minimum atomic E-state index is 0.881. The first-order valence-electron chi connectivity index (χ1n) is 20.8. The Balaban J connectivity index is 1.12. The van der Waals surface area contributed by atoms with Crippen LogP contribution >= 0.6 is 0 Å². The monoisotopic (exact) mass is 777 g/mol. The van der Waals surface area contributed by atoms with Crippen LogP contribution < -0.4 is 4.90 Å². The van der Waals surface area contributed by atoms with E-state index in [1.54, 1.807) is 0 Å². The largest absolute Gasteiger partial charge is 0.455 e. The number of hydrogen-bond acceptors (Lipinski definition) is 3. The summed E-state index contributed by atoms with van der Waals surface area (Å²) in [6, 6.07) is 74.2. The molecule has 0 radical (unpaired) electrons. The Morgan fingerprint density at radius 1 is 0.393 bits per heavy atom. The van der Waals surface area contributed by atoms with Crippen LogP contribution in [0.2, 0.25) is 0 Å². The molecule has 0 aliphatic carbocycles. The number of nitrogens with zero attached hydrogens (tertiary/aromatic N) is 3. The highest BCUT2D eigenvalue weighted by Crippen LogP contribution is 2.46. The first-order valence-corrected chi connectivity index (χ1v) is 20.8. The number of hydrogen-bond donors (Lipinski definition) is 0. The third kappa shape index (κ3) is 5.16. The summed E-state index contributed by atoms with van der Waals surface area (Å²) in [5.41, 5.74) is 10.2. The standard InChI is InChI=1S/C57H35N3O/c1-2-16-39(17-3-1)59(41-25-24-36-13-4-5-14-37(36)31-41)42-26-28-53-51(33-42)56-54(60(53)40-18-12-15-38(32-40)52-23-10-11-30-58-52)29-27-47-50-34-48-45-21-8-6-19-43(45)44-20-7-9-22-46(44)49(48)35-55(50)61-57(47)56/h1-35H. The molecule has 61 heavy (non-hydrogen) atoms. The molecule has 0 aliphatic rings. The van der Waals surface area contributed by atoms with Gasteiger partial charge in [0.2, 0.25) is 0 Å². The fraction of sp³-hybridized carbons (Fsp3) is 0. The number of benzene rings is 10. The highest BCUT2D eigenvalue weighted by molar-refractivity contribution is 6.30. The molecule has 284 valence electrons. The van der Waals surface area contributed by atoms with Gasteiger partial charge < -0.3 is 13.9 Å². The Bertz CT molecular complexity index is 3880. The maximum absolute atomic E-state index is 7.17. The van der Waals surface area contributed by atoms with Crippen LogP contribution in [0, 0.1) is 0 Å². The summed E-state index contributed by atoms with van der Waals surface area (Å²) in [5.74, 6) is 0. The summed E-state index contributed by atoms with van der Waals surface area (Å²) in [5, 5.41) is 14.2. The lowest BCUT2D eigenvalue weighted by Crippen LogP contribution is -2.09. The summed E-state index contributed by atoms with van der Waals surface area (Å²) in [4.78, 5) is 7.06. The molecule has 0 fully saturated rings. The van der Waals surface area contributed by atoms with Crippen molar-refractivity contribution >= 4 is 104 Å². The number of rotatable bonds is 5. The Labute approximate surface area is 350 Å². The van der Waals surface area contributed by atoms with Crippen LogP contribution in [0.15, 0.2) is 217 Å². The van der Waals surface area contributed by atoms with E-state index in [0.717, 1.165) is 77.8 Å². The van der Waals surface area contributed by atoms with Gasteiger partial charge in [0.25, 0.3) is 0 Å². The number of aromatic nitrogens is 2. The number of furan rings is 1. The molecule has 0 saturated heterocycles. The molecule has 13 rings (SSSR count). The molecule has 3 aromatic heterocycles. The summed E-state index contributed by atoms with van der Waals surface area (Å²) >= 11 is 0. The van der Waals surface area contributed by atoms with Crippen molar-refractivity contribution in [1.29, 1.82) is 0 Å². The molecule has 0 saturated carbocycles. The third-order valence-electron chi connectivity index (χ3n) is 12.5. The molecule has 4 heteroatoms. The normalized spacial score (nSPS) is 11.9. The van der Waals surface area contributed by atoms with Crippen molar-refractivity contribution in [3.05, 3.63) is 212 Å². The molecule has 0 N–H and O–H groups in total. The topological polar surface area (TPSA) is 34.2 Å². The Hall–Kier alpha value is -8.21. The summed E-state index contributed by atoms with van der Waals surface area (Å²) in [6.07, 6.45) is 1.85. The van der Waals surface area contributed by atoms with E-state index in [1.165, 1.54) is 43.1 Å². The fourth-order valence-corrected chi connectivity index (χ4v) is 9.82. The molecule has 10 aromatic carbocycles. The van der Waals surface area contributed by atoms with Crippen molar-refractivity contribution in [2.45, 2.75) is 0 Å². The Morgan fingerprint density at radius 3 is 1.85 bits per heavy atom. The van der Waals surface area contributed by atoms with E-state index < -0.39 is 0 Å². The van der Waals surface area contributed by atoms with Gasteiger partial charge in [0.05, 0.1) is 22.1 Å². The summed E-state index contributed by atoms with van der Waals surface area (Å²) < 4.78 is 9.55. The van der Waals surface area contributed by atoms with E-state index in [4.69, 9.17) is 9.40 Å². The molecule has 0 bridgehead atoms. The van der Waals surface area contributed by atoms with Gasteiger partial charge >= 0.3 is 0 Å². The first kappa shape index (κ1) is 33.7. The van der Waals surface area contributed by atoms with Crippen LogP contribution in [-0.2, 0) is 0 Å². The second-order valence-corrected chi connectivity index (χ2v) is 15.9.